The Kier molecular flexibility index (Phi) is 4.74. The van der Waals surface area contributed by atoms with Gasteiger partial charge in [-0.25, -0.2) is 14.8 Å². The van der Waals surface area contributed by atoms with Gasteiger partial charge in [-0.05, 0) is 29.1 Å². The predicted octanol–water partition coefficient (Wildman–Crippen LogP) is 2.70. The van der Waals surface area contributed by atoms with E-state index in [0.29, 0.717) is 25.6 Å². The molecule has 1 aliphatic rings. The Labute approximate surface area is 155 Å². The Morgan fingerprint density at radius 3 is 2.88 bits per heavy atom. The van der Waals surface area contributed by atoms with E-state index in [4.69, 9.17) is 4.98 Å². The van der Waals surface area contributed by atoms with Gasteiger partial charge in [0.2, 0.25) is 5.95 Å². The standard InChI is InChI=1S/C18H18N6OS/c25-18-21-8-10-24(18)9-7-20-17-22-12-14(13-3-5-19-6-4-13)16(23-17)15-2-1-11-26-15/h1-6,11-12H,7-10H2,(H,21,25)(H,20,22,23). The Morgan fingerprint density at radius 2 is 2.15 bits per heavy atom. The number of nitrogens with one attached hydrogen (secondary N) is 2. The summed E-state index contributed by atoms with van der Waals surface area (Å²) in [4.78, 5) is 27.7. The maximum absolute atomic E-state index is 11.6. The molecule has 1 fully saturated rings. The minimum atomic E-state index is -0.0139. The molecule has 4 heterocycles. The molecule has 0 unspecified atom stereocenters. The SMILES string of the molecule is O=C1NCCN1CCNc1ncc(-c2ccncc2)c(-c2cccs2)n1. The van der Waals surface area contributed by atoms with Crippen molar-refractivity contribution in [1.29, 1.82) is 0 Å². The summed E-state index contributed by atoms with van der Waals surface area (Å²) in [6, 6.07) is 7.96. The van der Waals surface area contributed by atoms with Crippen LogP contribution in [0.1, 0.15) is 0 Å². The number of nitrogens with zero attached hydrogens (tertiary/aromatic N) is 4. The number of pyridine rings is 1. The second kappa shape index (κ2) is 7.49. The number of thiophene rings is 1. The summed E-state index contributed by atoms with van der Waals surface area (Å²) in [6.45, 7) is 2.67. The van der Waals surface area contributed by atoms with E-state index in [9.17, 15) is 4.79 Å². The van der Waals surface area contributed by atoms with Gasteiger partial charge in [-0.1, -0.05) is 6.07 Å². The van der Waals surface area contributed by atoms with Crippen molar-refractivity contribution >= 4 is 23.3 Å². The monoisotopic (exact) mass is 366 g/mol. The molecular weight excluding hydrogens is 348 g/mol. The van der Waals surface area contributed by atoms with Crippen LogP contribution < -0.4 is 10.6 Å². The highest BCUT2D eigenvalue weighted by molar-refractivity contribution is 7.13. The first kappa shape index (κ1) is 16.5. The van der Waals surface area contributed by atoms with Gasteiger partial charge in [0.1, 0.15) is 0 Å². The van der Waals surface area contributed by atoms with Crippen molar-refractivity contribution in [3.8, 4) is 21.7 Å². The molecule has 1 aliphatic heterocycles. The molecule has 26 heavy (non-hydrogen) atoms. The van der Waals surface area contributed by atoms with E-state index in [1.807, 2.05) is 29.8 Å². The van der Waals surface area contributed by atoms with Gasteiger partial charge in [0.25, 0.3) is 0 Å². The summed E-state index contributed by atoms with van der Waals surface area (Å²) in [5, 5.41) is 8.05. The number of urea groups is 1. The molecule has 2 amide bonds. The quantitative estimate of drug-likeness (QED) is 0.701. The lowest BCUT2D eigenvalue weighted by molar-refractivity contribution is 0.219. The molecule has 1 saturated heterocycles. The topological polar surface area (TPSA) is 83.0 Å². The Morgan fingerprint density at radius 1 is 1.27 bits per heavy atom. The summed E-state index contributed by atoms with van der Waals surface area (Å²) in [5.74, 6) is 0.561. The number of hydrogen-bond donors (Lipinski definition) is 2. The van der Waals surface area contributed by atoms with Crippen molar-refractivity contribution in [2.24, 2.45) is 0 Å². The van der Waals surface area contributed by atoms with Gasteiger partial charge in [0.15, 0.2) is 0 Å². The maximum atomic E-state index is 11.6. The van der Waals surface area contributed by atoms with Crippen LogP contribution >= 0.6 is 11.3 Å². The molecule has 0 atom stereocenters. The molecule has 3 aromatic heterocycles. The van der Waals surface area contributed by atoms with Gasteiger partial charge in [-0.15, -0.1) is 11.3 Å². The summed E-state index contributed by atoms with van der Waals surface area (Å²) in [5.41, 5.74) is 2.89. The van der Waals surface area contributed by atoms with Crippen molar-refractivity contribution in [2.45, 2.75) is 0 Å². The van der Waals surface area contributed by atoms with Crippen molar-refractivity contribution in [3.05, 3.63) is 48.2 Å². The molecule has 7 nitrogen and oxygen atoms in total. The average Bonchev–Trinajstić information content (AvgIpc) is 3.35. The Balaban J connectivity index is 1.55. The zero-order valence-corrected chi connectivity index (χ0v) is 14.9. The van der Waals surface area contributed by atoms with E-state index in [2.05, 4.69) is 26.7 Å². The number of aromatic nitrogens is 3. The summed E-state index contributed by atoms with van der Waals surface area (Å²) in [7, 11) is 0. The third-order valence-electron chi connectivity index (χ3n) is 4.14. The first-order chi connectivity index (χ1) is 12.8. The number of amides is 2. The van der Waals surface area contributed by atoms with E-state index in [-0.39, 0.29) is 6.03 Å². The first-order valence-electron chi connectivity index (χ1n) is 8.39. The second-order valence-corrected chi connectivity index (χ2v) is 6.76. The van der Waals surface area contributed by atoms with Gasteiger partial charge >= 0.3 is 6.03 Å². The van der Waals surface area contributed by atoms with Crippen LogP contribution in [-0.4, -0.2) is 52.1 Å². The van der Waals surface area contributed by atoms with Crippen LogP contribution in [-0.2, 0) is 0 Å². The fourth-order valence-corrected chi connectivity index (χ4v) is 3.57. The second-order valence-electron chi connectivity index (χ2n) is 5.81. The van der Waals surface area contributed by atoms with Crippen LogP contribution in [0.25, 0.3) is 21.7 Å². The molecule has 0 radical (unpaired) electrons. The lowest BCUT2D eigenvalue weighted by Gasteiger charge is -2.15. The predicted molar refractivity (Wildman–Crippen MR) is 102 cm³/mol. The molecule has 0 spiro atoms. The summed E-state index contributed by atoms with van der Waals surface area (Å²) in [6.07, 6.45) is 5.36. The van der Waals surface area contributed by atoms with Gasteiger partial charge in [0, 0.05) is 50.3 Å². The molecule has 2 N–H and O–H groups in total. The van der Waals surface area contributed by atoms with Crippen LogP contribution in [0.2, 0.25) is 0 Å². The molecule has 4 rings (SSSR count). The highest BCUT2D eigenvalue weighted by atomic mass is 32.1. The van der Waals surface area contributed by atoms with Gasteiger partial charge in [-0.2, -0.15) is 0 Å². The number of carbonyl (C=O) groups is 1. The molecular formula is C18H18N6OS. The molecule has 3 aromatic rings. The highest BCUT2D eigenvalue weighted by Crippen LogP contribution is 2.33. The molecule has 8 heteroatoms. The van der Waals surface area contributed by atoms with Crippen LogP contribution in [0.3, 0.4) is 0 Å². The molecule has 132 valence electrons. The molecule has 0 aromatic carbocycles. The summed E-state index contributed by atoms with van der Waals surface area (Å²) >= 11 is 1.64. The van der Waals surface area contributed by atoms with Crippen molar-refractivity contribution < 1.29 is 4.79 Å². The number of hydrogen-bond acceptors (Lipinski definition) is 6. The third kappa shape index (κ3) is 3.50. The largest absolute Gasteiger partial charge is 0.352 e. The highest BCUT2D eigenvalue weighted by Gasteiger charge is 2.18. The average molecular weight is 366 g/mol. The van der Waals surface area contributed by atoms with Crippen LogP contribution in [0.4, 0.5) is 10.7 Å². The fourth-order valence-electron chi connectivity index (χ4n) is 2.84. The minimum Gasteiger partial charge on any atom is -0.352 e. The van der Waals surface area contributed by atoms with Crippen LogP contribution in [0, 0.1) is 0 Å². The summed E-state index contributed by atoms with van der Waals surface area (Å²) < 4.78 is 0. The van der Waals surface area contributed by atoms with E-state index < -0.39 is 0 Å². The lowest BCUT2D eigenvalue weighted by Crippen LogP contribution is -2.32. The van der Waals surface area contributed by atoms with Crippen LogP contribution in [0.5, 0.6) is 0 Å². The van der Waals surface area contributed by atoms with E-state index >= 15 is 0 Å². The zero-order chi connectivity index (χ0) is 17.8. The smallest absolute Gasteiger partial charge is 0.317 e. The van der Waals surface area contributed by atoms with Crippen LogP contribution in [0.15, 0.2) is 48.2 Å². The van der Waals surface area contributed by atoms with Gasteiger partial charge in [-0.3, -0.25) is 4.98 Å². The van der Waals surface area contributed by atoms with Gasteiger partial charge < -0.3 is 15.5 Å². The van der Waals surface area contributed by atoms with Crippen molar-refractivity contribution in [1.82, 2.24) is 25.2 Å². The lowest BCUT2D eigenvalue weighted by atomic mass is 10.1. The van der Waals surface area contributed by atoms with Gasteiger partial charge in [0.05, 0.1) is 10.6 Å². The molecule has 0 saturated carbocycles. The fraction of sp³-hybridized carbons (Fsp3) is 0.222. The Bertz CT molecular complexity index is 884. The van der Waals surface area contributed by atoms with Crippen molar-refractivity contribution in [2.75, 3.05) is 31.5 Å². The van der Waals surface area contributed by atoms with E-state index in [1.54, 1.807) is 28.6 Å². The third-order valence-corrected chi connectivity index (χ3v) is 5.02. The van der Waals surface area contributed by atoms with E-state index in [0.717, 1.165) is 28.2 Å². The molecule has 0 aliphatic carbocycles. The first-order valence-corrected chi connectivity index (χ1v) is 9.27. The maximum Gasteiger partial charge on any atom is 0.317 e. The van der Waals surface area contributed by atoms with E-state index in [1.165, 1.54) is 0 Å². The van der Waals surface area contributed by atoms with Crippen molar-refractivity contribution in [3.63, 3.8) is 0 Å². The zero-order valence-electron chi connectivity index (χ0n) is 14.1. The number of anilines is 1. The number of carbonyl (C=O) groups excluding carboxylic acids is 1. The minimum absolute atomic E-state index is 0.0139. The molecule has 0 bridgehead atoms. The Hall–Kier alpha value is -3.00. The normalized spacial score (nSPS) is 13.7. The number of rotatable bonds is 6.